The Labute approximate surface area is 144 Å². The smallest absolute Gasteiger partial charge is 0.158 e. The van der Waals surface area contributed by atoms with Crippen LogP contribution in [0.25, 0.3) is 0 Å². The number of fused-ring (bicyclic) bond motifs is 1. The summed E-state index contributed by atoms with van der Waals surface area (Å²) in [6.45, 7) is 6.95. The summed E-state index contributed by atoms with van der Waals surface area (Å²) in [5.41, 5.74) is 8.42. The summed E-state index contributed by atoms with van der Waals surface area (Å²) in [4.78, 5) is 16.6. The molecule has 0 atom stereocenters. The van der Waals surface area contributed by atoms with Crippen LogP contribution in [0.4, 0.5) is 0 Å². The van der Waals surface area contributed by atoms with Crippen LogP contribution < -0.4 is 0 Å². The molecule has 3 heteroatoms. The summed E-state index contributed by atoms with van der Waals surface area (Å²) in [6, 6.07) is 16.2. The van der Waals surface area contributed by atoms with E-state index in [-0.39, 0.29) is 12.3 Å². The standard InChI is InChI=1S/C21H21NOSi/c1-24(2,3)12-11-16-9-10-18-14-19(23)15-22-21(20(18)13-16)17-7-5-4-6-8-17/h4-10,13H,14-15H2,1-3H3. The molecule has 2 aromatic rings. The van der Waals surface area contributed by atoms with Gasteiger partial charge in [0, 0.05) is 23.1 Å². The number of ketones is 1. The molecule has 0 aromatic heterocycles. The van der Waals surface area contributed by atoms with Gasteiger partial charge in [-0.25, -0.2) is 0 Å². The highest BCUT2D eigenvalue weighted by Crippen LogP contribution is 2.21. The molecule has 0 fully saturated rings. The van der Waals surface area contributed by atoms with Crippen LogP contribution in [0.1, 0.15) is 22.3 Å². The molecule has 0 bridgehead atoms. The number of carbonyl (C=O) groups is 1. The van der Waals surface area contributed by atoms with Crippen LogP contribution >= 0.6 is 0 Å². The van der Waals surface area contributed by atoms with E-state index in [1.54, 1.807) is 0 Å². The summed E-state index contributed by atoms with van der Waals surface area (Å²) in [6.07, 6.45) is 0.441. The minimum Gasteiger partial charge on any atom is -0.297 e. The fourth-order valence-electron chi connectivity index (χ4n) is 2.65. The van der Waals surface area contributed by atoms with Gasteiger partial charge in [-0.2, -0.15) is 0 Å². The highest BCUT2D eigenvalue weighted by molar-refractivity contribution is 6.83. The van der Waals surface area contributed by atoms with E-state index < -0.39 is 8.07 Å². The quantitative estimate of drug-likeness (QED) is 0.576. The van der Waals surface area contributed by atoms with Crippen molar-refractivity contribution in [2.75, 3.05) is 6.54 Å². The number of hydrogen-bond donors (Lipinski definition) is 0. The molecule has 1 aliphatic heterocycles. The largest absolute Gasteiger partial charge is 0.297 e. The SMILES string of the molecule is C[Si](C)(C)C#Cc1ccc2c(c1)C(c1ccccc1)=NCC(=O)C2. The van der Waals surface area contributed by atoms with Crippen LogP contribution in [0.15, 0.2) is 53.5 Å². The molecule has 120 valence electrons. The van der Waals surface area contributed by atoms with Gasteiger partial charge < -0.3 is 0 Å². The molecular weight excluding hydrogens is 310 g/mol. The molecule has 0 unspecified atom stereocenters. The minimum atomic E-state index is -1.42. The van der Waals surface area contributed by atoms with Crippen molar-refractivity contribution in [3.8, 4) is 11.5 Å². The highest BCUT2D eigenvalue weighted by Gasteiger charge is 2.18. The van der Waals surface area contributed by atoms with Gasteiger partial charge >= 0.3 is 0 Å². The van der Waals surface area contributed by atoms with Crippen molar-refractivity contribution in [2.24, 2.45) is 4.99 Å². The van der Waals surface area contributed by atoms with Crippen molar-refractivity contribution in [3.05, 3.63) is 70.8 Å². The van der Waals surface area contributed by atoms with Crippen LogP contribution in [-0.2, 0) is 11.2 Å². The molecule has 0 spiro atoms. The number of carbonyl (C=O) groups excluding carboxylic acids is 1. The topological polar surface area (TPSA) is 29.4 Å². The fourth-order valence-corrected chi connectivity index (χ4v) is 3.17. The Balaban J connectivity index is 2.11. The van der Waals surface area contributed by atoms with Crippen molar-refractivity contribution in [2.45, 2.75) is 26.1 Å². The lowest BCUT2D eigenvalue weighted by Crippen LogP contribution is -2.16. The molecular formula is C21H21NOSi. The van der Waals surface area contributed by atoms with E-state index in [0.29, 0.717) is 6.42 Å². The number of Topliss-reactive ketones (excluding diaryl/α,β-unsaturated/α-hetero) is 1. The molecule has 1 aliphatic rings. The summed E-state index contributed by atoms with van der Waals surface area (Å²) in [5.74, 6) is 3.47. The third-order valence-corrected chi connectivity index (χ3v) is 4.67. The molecule has 0 aliphatic carbocycles. The van der Waals surface area contributed by atoms with Gasteiger partial charge in [0.1, 0.15) is 8.07 Å². The first-order valence-electron chi connectivity index (χ1n) is 8.20. The number of hydrogen-bond acceptors (Lipinski definition) is 2. The van der Waals surface area contributed by atoms with Crippen LogP contribution in [0.3, 0.4) is 0 Å². The summed E-state index contributed by atoms with van der Waals surface area (Å²) < 4.78 is 0. The van der Waals surface area contributed by atoms with E-state index in [1.165, 1.54) is 0 Å². The average molecular weight is 331 g/mol. The molecule has 2 aromatic carbocycles. The Morgan fingerprint density at radius 1 is 1.04 bits per heavy atom. The van der Waals surface area contributed by atoms with Crippen LogP contribution in [0.5, 0.6) is 0 Å². The maximum Gasteiger partial charge on any atom is 0.158 e. The van der Waals surface area contributed by atoms with Crippen LogP contribution in [-0.4, -0.2) is 26.1 Å². The molecule has 2 nitrogen and oxygen atoms in total. The molecule has 0 radical (unpaired) electrons. The van der Waals surface area contributed by atoms with Gasteiger partial charge in [-0.05, 0) is 17.7 Å². The van der Waals surface area contributed by atoms with E-state index in [2.05, 4.69) is 42.2 Å². The zero-order valence-corrected chi connectivity index (χ0v) is 15.4. The van der Waals surface area contributed by atoms with E-state index in [1.807, 2.05) is 42.5 Å². The lowest BCUT2D eigenvalue weighted by molar-refractivity contribution is -0.117. The van der Waals surface area contributed by atoms with Crippen LogP contribution in [0.2, 0.25) is 19.6 Å². The first-order valence-corrected chi connectivity index (χ1v) is 11.7. The first kappa shape index (κ1) is 16.4. The third kappa shape index (κ3) is 3.90. The second kappa shape index (κ2) is 6.58. The monoisotopic (exact) mass is 331 g/mol. The number of nitrogens with zero attached hydrogens (tertiary/aromatic N) is 1. The lowest BCUT2D eigenvalue weighted by Gasteiger charge is -2.10. The zero-order chi connectivity index (χ0) is 17.2. The van der Waals surface area contributed by atoms with Crippen LogP contribution in [0, 0.1) is 11.5 Å². The van der Waals surface area contributed by atoms with E-state index in [0.717, 1.165) is 28.0 Å². The molecule has 0 N–H and O–H groups in total. The highest BCUT2D eigenvalue weighted by atomic mass is 28.3. The van der Waals surface area contributed by atoms with Gasteiger partial charge in [-0.1, -0.05) is 62.0 Å². The molecule has 1 heterocycles. The maximum absolute atomic E-state index is 12.0. The van der Waals surface area contributed by atoms with E-state index >= 15 is 0 Å². The lowest BCUT2D eigenvalue weighted by atomic mass is 9.94. The normalized spacial score (nSPS) is 14.1. The van der Waals surface area contributed by atoms with Gasteiger partial charge in [-0.3, -0.25) is 9.79 Å². The summed E-state index contributed by atoms with van der Waals surface area (Å²) in [5, 5.41) is 0. The molecule has 3 rings (SSSR count). The van der Waals surface area contributed by atoms with Crippen molar-refractivity contribution in [1.29, 1.82) is 0 Å². The number of benzene rings is 2. The summed E-state index contributed by atoms with van der Waals surface area (Å²) in [7, 11) is -1.42. The number of rotatable bonds is 1. The van der Waals surface area contributed by atoms with Crippen molar-refractivity contribution in [1.82, 2.24) is 0 Å². The predicted octanol–water partition coefficient (Wildman–Crippen LogP) is 3.88. The first-order chi connectivity index (χ1) is 11.4. The van der Waals surface area contributed by atoms with E-state index in [4.69, 9.17) is 0 Å². The Morgan fingerprint density at radius 2 is 1.79 bits per heavy atom. The Kier molecular flexibility index (Phi) is 4.50. The maximum atomic E-state index is 12.0. The second-order valence-corrected chi connectivity index (χ2v) is 11.9. The minimum absolute atomic E-state index is 0.156. The molecule has 0 saturated carbocycles. The van der Waals surface area contributed by atoms with Crippen molar-refractivity contribution < 1.29 is 4.79 Å². The summed E-state index contributed by atoms with van der Waals surface area (Å²) >= 11 is 0. The fraction of sp³-hybridized carbons (Fsp3) is 0.238. The Hall–Kier alpha value is -2.44. The molecule has 0 saturated heterocycles. The number of aliphatic imine (C=N–C) groups is 1. The van der Waals surface area contributed by atoms with Gasteiger partial charge in [0.2, 0.25) is 0 Å². The van der Waals surface area contributed by atoms with Gasteiger partial charge in [0.25, 0.3) is 0 Å². The van der Waals surface area contributed by atoms with Gasteiger partial charge in [0.15, 0.2) is 5.78 Å². The second-order valence-electron chi connectivity index (χ2n) is 7.12. The Morgan fingerprint density at radius 3 is 2.50 bits per heavy atom. The van der Waals surface area contributed by atoms with Gasteiger partial charge in [-0.15, -0.1) is 5.54 Å². The van der Waals surface area contributed by atoms with Crippen molar-refractivity contribution in [3.63, 3.8) is 0 Å². The Bertz CT molecular complexity index is 864. The molecule has 0 amide bonds. The van der Waals surface area contributed by atoms with Gasteiger partial charge in [0.05, 0.1) is 12.3 Å². The average Bonchev–Trinajstić information content (AvgIpc) is 2.71. The molecule has 24 heavy (non-hydrogen) atoms. The third-order valence-electron chi connectivity index (χ3n) is 3.80. The predicted molar refractivity (Wildman–Crippen MR) is 102 cm³/mol. The zero-order valence-electron chi connectivity index (χ0n) is 14.4. The van der Waals surface area contributed by atoms with E-state index in [9.17, 15) is 4.79 Å². The van der Waals surface area contributed by atoms with Crippen molar-refractivity contribution >= 4 is 19.6 Å².